The van der Waals surface area contributed by atoms with Gasteiger partial charge in [-0.2, -0.15) is 4.98 Å². The number of ether oxygens (including phenoxy) is 1. The molecule has 1 aliphatic heterocycles. The first-order valence-electron chi connectivity index (χ1n) is 12.8. The van der Waals surface area contributed by atoms with Crippen molar-refractivity contribution in [2.45, 2.75) is 58.4 Å². The maximum atomic E-state index is 13.1. The summed E-state index contributed by atoms with van der Waals surface area (Å²) in [6.45, 7) is 5.80. The standard InChI is InChI=1S/C27H32ClN5O3/c1-3-17-6-5-11-32(15-17)27-29-14-22(28)25(31-27)30-19-7-10-23-18(12-19)13-24(36-16-21(34)4-2)26(35)33(23)20-8-9-20/h7,10,12-14,17,20H,3-6,8-9,11,15-16H2,1-2H3,(H,29,30,31). The number of ketones is 1. The second-order valence-corrected chi connectivity index (χ2v) is 10.1. The number of hydrogen-bond acceptors (Lipinski definition) is 7. The van der Waals surface area contributed by atoms with Crippen molar-refractivity contribution in [3.05, 3.63) is 45.8 Å². The van der Waals surface area contributed by atoms with Gasteiger partial charge >= 0.3 is 0 Å². The molecular weight excluding hydrogens is 478 g/mol. The zero-order chi connectivity index (χ0) is 25.2. The molecule has 8 nitrogen and oxygen atoms in total. The van der Waals surface area contributed by atoms with E-state index >= 15 is 0 Å². The fourth-order valence-corrected chi connectivity index (χ4v) is 4.91. The monoisotopic (exact) mass is 509 g/mol. The van der Waals surface area contributed by atoms with Gasteiger partial charge in [0.05, 0.1) is 11.7 Å². The number of hydrogen-bond donors (Lipinski definition) is 1. The number of benzene rings is 1. The summed E-state index contributed by atoms with van der Waals surface area (Å²) in [5.41, 5.74) is 1.44. The van der Waals surface area contributed by atoms with Crippen LogP contribution in [0.3, 0.4) is 0 Å². The van der Waals surface area contributed by atoms with Crippen molar-refractivity contribution in [1.29, 1.82) is 0 Å². The lowest BCUT2D eigenvalue weighted by molar-refractivity contribution is -0.120. The highest BCUT2D eigenvalue weighted by Crippen LogP contribution is 2.37. The van der Waals surface area contributed by atoms with E-state index in [0.29, 0.717) is 29.1 Å². The summed E-state index contributed by atoms with van der Waals surface area (Å²) in [6.07, 6.45) is 7.46. The summed E-state index contributed by atoms with van der Waals surface area (Å²) in [4.78, 5) is 36.3. The van der Waals surface area contributed by atoms with Crippen LogP contribution in [0.5, 0.6) is 5.75 Å². The number of rotatable bonds is 9. The molecule has 0 bridgehead atoms. The minimum atomic E-state index is -0.190. The number of halogens is 1. The Kier molecular flexibility index (Phi) is 7.14. The van der Waals surface area contributed by atoms with Crippen LogP contribution < -0.4 is 20.5 Å². The number of fused-ring (bicyclic) bond motifs is 1. The highest BCUT2D eigenvalue weighted by molar-refractivity contribution is 6.32. The van der Waals surface area contributed by atoms with E-state index in [1.165, 1.54) is 6.42 Å². The molecule has 1 aromatic carbocycles. The van der Waals surface area contributed by atoms with Crippen LogP contribution in [0.2, 0.25) is 5.02 Å². The Morgan fingerprint density at radius 2 is 2.06 bits per heavy atom. The maximum Gasteiger partial charge on any atom is 0.293 e. The van der Waals surface area contributed by atoms with Gasteiger partial charge in [-0.3, -0.25) is 9.59 Å². The summed E-state index contributed by atoms with van der Waals surface area (Å²) < 4.78 is 7.44. The van der Waals surface area contributed by atoms with Crippen LogP contribution in [0, 0.1) is 5.92 Å². The van der Waals surface area contributed by atoms with Crippen LogP contribution in [0.1, 0.15) is 58.4 Å². The third-order valence-corrected chi connectivity index (χ3v) is 7.35. The minimum absolute atomic E-state index is 0.0453. The fourth-order valence-electron chi connectivity index (χ4n) is 4.77. The Balaban J connectivity index is 1.45. The molecule has 1 saturated heterocycles. The molecule has 9 heteroatoms. The third-order valence-electron chi connectivity index (χ3n) is 7.07. The van der Waals surface area contributed by atoms with Crippen LogP contribution in [0.4, 0.5) is 17.5 Å². The van der Waals surface area contributed by atoms with Gasteiger partial charge in [0.2, 0.25) is 5.95 Å². The lowest BCUT2D eigenvalue weighted by Crippen LogP contribution is -2.36. The summed E-state index contributed by atoms with van der Waals surface area (Å²) >= 11 is 6.46. The van der Waals surface area contributed by atoms with Gasteiger partial charge in [0.15, 0.2) is 17.4 Å². The first kappa shape index (κ1) is 24.6. The van der Waals surface area contributed by atoms with Gasteiger partial charge < -0.3 is 19.5 Å². The van der Waals surface area contributed by atoms with E-state index in [1.54, 1.807) is 23.8 Å². The first-order chi connectivity index (χ1) is 17.5. The van der Waals surface area contributed by atoms with E-state index in [9.17, 15) is 9.59 Å². The topological polar surface area (TPSA) is 89.3 Å². The molecule has 1 saturated carbocycles. The maximum absolute atomic E-state index is 13.1. The predicted octanol–water partition coefficient (Wildman–Crippen LogP) is 5.51. The van der Waals surface area contributed by atoms with Crippen molar-refractivity contribution in [3.8, 4) is 5.75 Å². The number of anilines is 3. The Bertz CT molecular complexity index is 1340. The van der Waals surface area contributed by atoms with Gasteiger partial charge in [-0.1, -0.05) is 31.9 Å². The number of nitrogens with zero attached hydrogens (tertiary/aromatic N) is 4. The molecular formula is C27H32ClN5O3. The van der Waals surface area contributed by atoms with Crippen molar-refractivity contribution >= 4 is 45.7 Å². The number of piperidine rings is 1. The molecule has 1 atom stereocenters. The molecule has 0 radical (unpaired) electrons. The molecule has 1 aliphatic carbocycles. The van der Waals surface area contributed by atoms with Crippen LogP contribution in [0.25, 0.3) is 10.9 Å². The molecule has 36 heavy (non-hydrogen) atoms. The normalized spacial score (nSPS) is 17.9. The number of Topliss-reactive ketones (excluding diaryl/α,β-unsaturated/α-hetero) is 1. The zero-order valence-corrected chi connectivity index (χ0v) is 21.6. The van der Waals surface area contributed by atoms with Crippen molar-refractivity contribution < 1.29 is 9.53 Å². The Morgan fingerprint density at radius 1 is 1.22 bits per heavy atom. The van der Waals surface area contributed by atoms with E-state index in [-0.39, 0.29) is 29.7 Å². The molecule has 190 valence electrons. The molecule has 3 aromatic rings. The minimum Gasteiger partial charge on any atom is -0.480 e. The van der Waals surface area contributed by atoms with Crippen molar-refractivity contribution in [3.63, 3.8) is 0 Å². The molecule has 2 aliphatic rings. The Hall–Kier alpha value is -3.13. The largest absolute Gasteiger partial charge is 0.480 e. The van der Waals surface area contributed by atoms with E-state index in [0.717, 1.165) is 55.4 Å². The SMILES string of the molecule is CCC(=O)COc1cc2cc(Nc3nc(N4CCCC(CC)C4)ncc3Cl)ccc2n(C2CC2)c1=O. The van der Waals surface area contributed by atoms with Gasteiger partial charge in [-0.15, -0.1) is 0 Å². The lowest BCUT2D eigenvalue weighted by atomic mass is 9.96. The van der Waals surface area contributed by atoms with E-state index < -0.39 is 0 Å². The summed E-state index contributed by atoms with van der Waals surface area (Å²) in [7, 11) is 0. The number of aromatic nitrogens is 3. The van der Waals surface area contributed by atoms with Gasteiger partial charge in [0.1, 0.15) is 11.6 Å². The van der Waals surface area contributed by atoms with Gasteiger partial charge in [0.25, 0.3) is 5.56 Å². The third kappa shape index (κ3) is 5.19. The molecule has 0 amide bonds. The summed E-state index contributed by atoms with van der Waals surface area (Å²) in [5, 5.41) is 4.62. The first-order valence-corrected chi connectivity index (χ1v) is 13.2. The highest BCUT2D eigenvalue weighted by atomic mass is 35.5. The number of carbonyl (C=O) groups is 1. The van der Waals surface area contributed by atoms with E-state index in [1.807, 2.05) is 18.2 Å². The number of carbonyl (C=O) groups excluding carboxylic acids is 1. The van der Waals surface area contributed by atoms with Crippen molar-refractivity contribution in [2.75, 3.05) is 29.9 Å². The number of nitrogens with one attached hydrogen (secondary N) is 1. The molecule has 2 aromatic heterocycles. The van der Waals surface area contributed by atoms with Crippen molar-refractivity contribution in [2.24, 2.45) is 5.92 Å². The van der Waals surface area contributed by atoms with Gasteiger partial charge in [-0.05, 0) is 55.9 Å². The van der Waals surface area contributed by atoms with Crippen LogP contribution >= 0.6 is 11.6 Å². The number of pyridine rings is 1. The Morgan fingerprint density at radius 3 is 2.81 bits per heavy atom. The smallest absolute Gasteiger partial charge is 0.293 e. The Labute approximate surface area is 215 Å². The van der Waals surface area contributed by atoms with Crippen molar-refractivity contribution in [1.82, 2.24) is 14.5 Å². The van der Waals surface area contributed by atoms with Crippen LogP contribution in [-0.2, 0) is 4.79 Å². The predicted molar refractivity (Wildman–Crippen MR) is 143 cm³/mol. The molecule has 3 heterocycles. The second kappa shape index (κ2) is 10.5. The second-order valence-electron chi connectivity index (χ2n) is 9.72. The zero-order valence-electron chi connectivity index (χ0n) is 20.8. The molecule has 2 fully saturated rings. The molecule has 0 spiro atoms. The quantitative estimate of drug-likeness (QED) is 0.407. The van der Waals surface area contributed by atoms with Crippen LogP contribution in [-0.4, -0.2) is 40.0 Å². The van der Waals surface area contributed by atoms with E-state index in [4.69, 9.17) is 21.3 Å². The van der Waals surface area contributed by atoms with Crippen LogP contribution in [0.15, 0.2) is 35.3 Å². The molecule has 1 N–H and O–H groups in total. The van der Waals surface area contributed by atoms with E-state index in [2.05, 4.69) is 22.1 Å². The molecule has 5 rings (SSSR count). The summed E-state index contributed by atoms with van der Waals surface area (Å²) in [6, 6.07) is 7.70. The fraction of sp³-hybridized carbons (Fsp3) is 0.481. The summed E-state index contributed by atoms with van der Waals surface area (Å²) in [5.74, 6) is 2.03. The average molecular weight is 510 g/mol. The average Bonchev–Trinajstić information content (AvgIpc) is 3.74. The lowest BCUT2D eigenvalue weighted by Gasteiger charge is -2.32. The highest BCUT2D eigenvalue weighted by Gasteiger charge is 2.28. The van der Waals surface area contributed by atoms with Gasteiger partial charge in [0, 0.05) is 36.6 Å². The molecule has 1 unspecified atom stereocenters. The van der Waals surface area contributed by atoms with Gasteiger partial charge in [-0.25, -0.2) is 4.98 Å².